The average Bonchev–Trinajstić information content (AvgIpc) is 2.77. The molecule has 2 aromatic rings. The smallest absolute Gasteiger partial charge is 0.167 e. The van der Waals surface area contributed by atoms with Crippen molar-refractivity contribution >= 4 is 0 Å². The lowest BCUT2D eigenvalue weighted by molar-refractivity contribution is -0.0214. The lowest BCUT2D eigenvalue weighted by atomic mass is 9.91. The standard InChI is InChI=1S/C26H33F3O2/c1-3-5-6-7-15-30-19-10-11-20(23(27)16-19)21-12-13-22(26(29)25(21)28)24-14-9-18(8-4-2)17-31-24/h10-13,16,18,24H,3-9,14-15,17H2,1-2H3. The van der Waals surface area contributed by atoms with Crippen molar-refractivity contribution in [3.05, 3.63) is 53.3 Å². The Morgan fingerprint density at radius 2 is 1.71 bits per heavy atom. The molecule has 0 radical (unpaired) electrons. The van der Waals surface area contributed by atoms with Gasteiger partial charge in [0.25, 0.3) is 0 Å². The van der Waals surface area contributed by atoms with Crippen LogP contribution in [0.4, 0.5) is 13.2 Å². The zero-order valence-electron chi connectivity index (χ0n) is 18.6. The second-order valence-corrected chi connectivity index (χ2v) is 8.44. The third-order valence-electron chi connectivity index (χ3n) is 6.02. The highest BCUT2D eigenvalue weighted by atomic mass is 19.2. The maximum absolute atomic E-state index is 14.9. The summed E-state index contributed by atoms with van der Waals surface area (Å²) in [5.74, 6) is -1.74. The summed E-state index contributed by atoms with van der Waals surface area (Å²) in [5, 5.41) is 0. The van der Waals surface area contributed by atoms with E-state index in [1.54, 1.807) is 6.07 Å². The average molecular weight is 435 g/mol. The Bertz CT molecular complexity index is 845. The number of hydrogen-bond donors (Lipinski definition) is 0. The van der Waals surface area contributed by atoms with E-state index in [0.717, 1.165) is 44.9 Å². The summed E-state index contributed by atoms with van der Waals surface area (Å²) in [4.78, 5) is 0. The van der Waals surface area contributed by atoms with Crippen molar-refractivity contribution in [2.24, 2.45) is 5.92 Å². The van der Waals surface area contributed by atoms with Crippen LogP contribution in [0.15, 0.2) is 30.3 Å². The molecule has 1 saturated heterocycles. The fourth-order valence-electron chi connectivity index (χ4n) is 4.23. The highest BCUT2D eigenvalue weighted by molar-refractivity contribution is 5.66. The number of halogens is 3. The Morgan fingerprint density at radius 1 is 0.903 bits per heavy atom. The second kappa shape index (κ2) is 11.6. The van der Waals surface area contributed by atoms with Gasteiger partial charge < -0.3 is 9.47 Å². The summed E-state index contributed by atoms with van der Waals surface area (Å²) in [5.41, 5.74) is 0.144. The second-order valence-electron chi connectivity index (χ2n) is 8.44. The van der Waals surface area contributed by atoms with Crippen molar-refractivity contribution in [2.75, 3.05) is 13.2 Å². The first-order chi connectivity index (χ1) is 15.0. The fraction of sp³-hybridized carbons (Fsp3) is 0.538. The normalized spacial score (nSPS) is 18.9. The Labute approximate surface area is 183 Å². The van der Waals surface area contributed by atoms with E-state index in [1.807, 2.05) is 0 Å². The molecule has 0 spiro atoms. The molecule has 0 bridgehead atoms. The van der Waals surface area contributed by atoms with Crippen LogP contribution in [0.25, 0.3) is 11.1 Å². The van der Waals surface area contributed by atoms with E-state index in [-0.39, 0.29) is 16.7 Å². The van der Waals surface area contributed by atoms with Crippen LogP contribution >= 0.6 is 0 Å². The quantitative estimate of drug-likeness (QED) is 0.353. The van der Waals surface area contributed by atoms with Gasteiger partial charge >= 0.3 is 0 Å². The van der Waals surface area contributed by atoms with Crippen LogP contribution in [0.1, 0.15) is 76.9 Å². The summed E-state index contributed by atoms with van der Waals surface area (Å²) in [6, 6.07) is 7.25. The molecule has 2 unspecified atom stereocenters. The molecular weight excluding hydrogens is 401 g/mol. The molecule has 0 aliphatic carbocycles. The minimum Gasteiger partial charge on any atom is -0.493 e. The van der Waals surface area contributed by atoms with Crippen molar-refractivity contribution in [1.82, 2.24) is 0 Å². The predicted molar refractivity (Wildman–Crippen MR) is 118 cm³/mol. The van der Waals surface area contributed by atoms with E-state index >= 15 is 0 Å². The molecule has 2 aromatic carbocycles. The van der Waals surface area contributed by atoms with Gasteiger partial charge in [-0.2, -0.15) is 0 Å². The van der Waals surface area contributed by atoms with Gasteiger partial charge in [-0.05, 0) is 43.7 Å². The topological polar surface area (TPSA) is 18.5 Å². The highest BCUT2D eigenvalue weighted by Crippen LogP contribution is 2.37. The van der Waals surface area contributed by atoms with E-state index in [4.69, 9.17) is 9.47 Å². The summed E-state index contributed by atoms with van der Waals surface area (Å²) in [7, 11) is 0. The molecule has 170 valence electrons. The van der Waals surface area contributed by atoms with Gasteiger partial charge in [0.2, 0.25) is 0 Å². The SMILES string of the molecule is CCCCCCOc1ccc(-c2ccc(C3CCC(CCC)CO3)c(F)c2F)c(F)c1. The minimum atomic E-state index is -1.04. The number of unbranched alkanes of at least 4 members (excludes halogenated alkanes) is 3. The van der Waals surface area contributed by atoms with Crippen LogP contribution in [0, 0.1) is 23.4 Å². The molecule has 0 aromatic heterocycles. The van der Waals surface area contributed by atoms with Crippen LogP contribution in [0.5, 0.6) is 5.75 Å². The lowest BCUT2D eigenvalue weighted by Crippen LogP contribution is -2.21. The van der Waals surface area contributed by atoms with E-state index in [9.17, 15) is 13.2 Å². The summed E-state index contributed by atoms with van der Waals surface area (Å²) < 4.78 is 55.8. The third-order valence-corrected chi connectivity index (χ3v) is 6.02. The zero-order valence-corrected chi connectivity index (χ0v) is 18.6. The zero-order chi connectivity index (χ0) is 22.2. The predicted octanol–water partition coefficient (Wildman–Crippen LogP) is 8.00. The summed E-state index contributed by atoms with van der Waals surface area (Å²) in [6.45, 7) is 5.34. The fourth-order valence-corrected chi connectivity index (χ4v) is 4.23. The largest absolute Gasteiger partial charge is 0.493 e. The molecule has 2 atom stereocenters. The Hall–Kier alpha value is -2.01. The summed E-state index contributed by atoms with van der Waals surface area (Å²) >= 11 is 0. The first kappa shape index (κ1) is 23.6. The minimum absolute atomic E-state index is 0.0221. The van der Waals surface area contributed by atoms with E-state index in [0.29, 0.717) is 31.3 Å². The van der Waals surface area contributed by atoms with Crippen LogP contribution < -0.4 is 4.74 Å². The lowest BCUT2D eigenvalue weighted by Gasteiger charge is -2.29. The Balaban J connectivity index is 1.70. The van der Waals surface area contributed by atoms with E-state index in [2.05, 4.69) is 13.8 Å². The first-order valence-corrected chi connectivity index (χ1v) is 11.6. The highest BCUT2D eigenvalue weighted by Gasteiger charge is 2.27. The van der Waals surface area contributed by atoms with Crippen LogP contribution in [-0.2, 0) is 4.74 Å². The van der Waals surface area contributed by atoms with Crippen molar-refractivity contribution in [1.29, 1.82) is 0 Å². The van der Waals surface area contributed by atoms with Crippen LogP contribution in [0.2, 0.25) is 0 Å². The number of benzene rings is 2. The maximum Gasteiger partial charge on any atom is 0.167 e. The first-order valence-electron chi connectivity index (χ1n) is 11.6. The van der Waals surface area contributed by atoms with Gasteiger partial charge in [0, 0.05) is 22.8 Å². The van der Waals surface area contributed by atoms with Gasteiger partial charge in [-0.25, -0.2) is 13.2 Å². The number of hydrogen-bond acceptors (Lipinski definition) is 2. The Kier molecular flexibility index (Phi) is 8.82. The molecule has 0 amide bonds. The van der Waals surface area contributed by atoms with Crippen molar-refractivity contribution in [3.8, 4) is 16.9 Å². The van der Waals surface area contributed by atoms with Gasteiger partial charge in [0.1, 0.15) is 11.6 Å². The third kappa shape index (κ3) is 6.03. The van der Waals surface area contributed by atoms with Crippen molar-refractivity contribution in [2.45, 2.75) is 71.3 Å². The van der Waals surface area contributed by atoms with E-state index < -0.39 is 23.6 Å². The van der Waals surface area contributed by atoms with E-state index in [1.165, 1.54) is 24.3 Å². The number of ether oxygens (including phenoxy) is 2. The molecule has 2 nitrogen and oxygen atoms in total. The number of rotatable bonds is 10. The maximum atomic E-state index is 14.9. The monoisotopic (exact) mass is 434 g/mol. The molecule has 0 saturated carbocycles. The van der Waals surface area contributed by atoms with Crippen LogP contribution in [-0.4, -0.2) is 13.2 Å². The van der Waals surface area contributed by atoms with Crippen LogP contribution in [0.3, 0.4) is 0 Å². The molecule has 1 heterocycles. The van der Waals surface area contributed by atoms with Crippen molar-refractivity contribution < 1.29 is 22.6 Å². The van der Waals surface area contributed by atoms with Crippen molar-refractivity contribution in [3.63, 3.8) is 0 Å². The Morgan fingerprint density at radius 3 is 2.39 bits per heavy atom. The molecule has 3 rings (SSSR count). The molecule has 0 N–H and O–H groups in total. The van der Waals surface area contributed by atoms with Gasteiger partial charge in [0.05, 0.1) is 19.3 Å². The van der Waals surface area contributed by atoms with Gasteiger partial charge in [-0.15, -0.1) is 0 Å². The molecule has 31 heavy (non-hydrogen) atoms. The molecule has 1 aliphatic heterocycles. The molecule has 5 heteroatoms. The van der Waals surface area contributed by atoms with Gasteiger partial charge in [0.15, 0.2) is 11.6 Å². The van der Waals surface area contributed by atoms with Gasteiger partial charge in [-0.1, -0.05) is 51.7 Å². The summed E-state index contributed by atoms with van der Waals surface area (Å²) in [6.07, 6.45) is 7.57. The van der Waals surface area contributed by atoms with Gasteiger partial charge in [-0.3, -0.25) is 0 Å². The molecular formula is C26H33F3O2. The molecule has 1 aliphatic rings. The molecule has 1 fully saturated rings.